The van der Waals surface area contributed by atoms with Gasteiger partial charge in [0.2, 0.25) is 0 Å². The fourth-order valence-electron chi connectivity index (χ4n) is 0.811. The van der Waals surface area contributed by atoms with Crippen LogP contribution in [0.5, 0.6) is 0 Å². The van der Waals surface area contributed by atoms with Crippen molar-refractivity contribution in [3.05, 3.63) is 0 Å². The first-order chi connectivity index (χ1) is 5.27. The number of carboxylic acid groups (broad SMARTS) is 2. The molecule has 0 aromatic carbocycles. The summed E-state index contributed by atoms with van der Waals surface area (Å²) >= 11 is 0. The molecule has 0 amide bonds. The van der Waals surface area contributed by atoms with E-state index < -0.39 is 23.4 Å². The molecular formula is C7H13NO4. The Hall–Kier alpha value is -1.10. The molecule has 0 bridgehead atoms. The van der Waals surface area contributed by atoms with Crippen molar-refractivity contribution >= 4 is 11.9 Å². The number of aliphatic carboxylic acids is 2. The van der Waals surface area contributed by atoms with E-state index in [0.717, 1.165) is 0 Å². The zero-order valence-electron chi connectivity index (χ0n) is 7.07. The average Bonchev–Trinajstić information content (AvgIpc) is 1.85. The Morgan fingerprint density at radius 1 is 1.50 bits per heavy atom. The normalized spacial score (nSPS) is 17.9. The molecule has 0 aliphatic carbocycles. The van der Waals surface area contributed by atoms with Gasteiger partial charge in [0.1, 0.15) is 5.54 Å². The first kappa shape index (κ1) is 10.9. The van der Waals surface area contributed by atoms with Gasteiger partial charge >= 0.3 is 11.9 Å². The summed E-state index contributed by atoms with van der Waals surface area (Å²) < 4.78 is 0. The van der Waals surface area contributed by atoms with Crippen LogP contribution in [-0.4, -0.2) is 27.7 Å². The van der Waals surface area contributed by atoms with Gasteiger partial charge in [-0.1, -0.05) is 6.92 Å². The summed E-state index contributed by atoms with van der Waals surface area (Å²) in [6.07, 6.45) is -0.0718. The number of nitrogens with two attached hydrogens (primary N) is 1. The van der Waals surface area contributed by atoms with Gasteiger partial charge in [0.25, 0.3) is 0 Å². The minimum Gasteiger partial charge on any atom is -0.481 e. The van der Waals surface area contributed by atoms with Crippen molar-refractivity contribution in [1.29, 1.82) is 0 Å². The van der Waals surface area contributed by atoms with Crippen molar-refractivity contribution in [2.45, 2.75) is 25.8 Å². The zero-order valence-corrected chi connectivity index (χ0v) is 7.07. The fourth-order valence-corrected chi connectivity index (χ4v) is 0.811. The maximum Gasteiger partial charge on any atom is 0.323 e. The number of carbonyl (C=O) groups is 2. The Balaban J connectivity index is 4.24. The molecule has 5 heteroatoms. The van der Waals surface area contributed by atoms with Crippen LogP contribution in [-0.2, 0) is 9.59 Å². The van der Waals surface area contributed by atoms with E-state index in [-0.39, 0.29) is 6.42 Å². The molecule has 0 saturated heterocycles. The highest BCUT2D eigenvalue weighted by molar-refractivity contribution is 5.79. The smallest absolute Gasteiger partial charge is 0.323 e. The van der Waals surface area contributed by atoms with E-state index in [1.54, 1.807) is 0 Å². The Morgan fingerprint density at radius 3 is 2.17 bits per heavy atom. The lowest BCUT2D eigenvalue weighted by Crippen LogP contribution is -2.46. The molecule has 4 N–H and O–H groups in total. The van der Waals surface area contributed by atoms with Crippen LogP contribution in [0.2, 0.25) is 0 Å². The number of rotatable bonds is 4. The maximum atomic E-state index is 10.5. The third-order valence-corrected chi connectivity index (χ3v) is 1.64. The predicted octanol–water partition coefficient (Wildman–Crippen LogP) is -0.101. The molecule has 0 saturated carbocycles. The van der Waals surface area contributed by atoms with E-state index in [2.05, 4.69) is 0 Å². The van der Waals surface area contributed by atoms with Gasteiger partial charge in [-0.3, -0.25) is 9.59 Å². The van der Waals surface area contributed by atoms with Gasteiger partial charge in [-0.15, -0.1) is 0 Å². The van der Waals surface area contributed by atoms with Gasteiger partial charge in [0, 0.05) is 0 Å². The maximum absolute atomic E-state index is 10.5. The molecule has 0 fully saturated rings. The molecule has 70 valence electrons. The predicted molar refractivity (Wildman–Crippen MR) is 41.6 cm³/mol. The summed E-state index contributed by atoms with van der Waals surface area (Å²) in [7, 11) is 0. The van der Waals surface area contributed by atoms with E-state index >= 15 is 0 Å². The topological polar surface area (TPSA) is 101 Å². The second kappa shape index (κ2) is 3.53. The highest BCUT2D eigenvalue weighted by Crippen LogP contribution is 2.14. The molecule has 5 nitrogen and oxygen atoms in total. The highest BCUT2D eigenvalue weighted by Gasteiger charge is 2.32. The molecule has 0 aliphatic rings. The van der Waals surface area contributed by atoms with Crippen LogP contribution in [0, 0.1) is 5.92 Å². The quantitative estimate of drug-likeness (QED) is 0.553. The minimum absolute atomic E-state index is 0.0718. The van der Waals surface area contributed by atoms with Crippen molar-refractivity contribution in [2.24, 2.45) is 11.7 Å². The molecule has 12 heavy (non-hydrogen) atoms. The fraction of sp³-hybridized carbons (Fsp3) is 0.714. The summed E-state index contributed by atoms with van der Waals surface area (Å²) in [4.78, 5) is 20.8. The molecule has 0 aliphatic heterocycles. The largest absolute Gasteiger partial charge is 0.481 e. The molecule has 0 rings (SSSR count). The molecule has 0 spiro atoms. The SMILES string of the molecule is CC(CC(C)(N)C(=O)O)C(=O)O. The van der Waals surface area contributed by atoms with Crippen molar-refractivity contribution in [3.8, 4) is 0 Å². The Kier molecular flexibility index (Phi) is 3.21. The molecule has 0 aromatic heterocycles. The second-order valence-corrected chi connectivity index (χ2v) is 3.17. The van der Waals surface area contributed by atoms with Crippen molar-refractivity contribution in [2.75, 3.05) is 0 Å². The van der Waals surface area contributed by atoms with Crippen molar-refractivity contribution in [3.63, 3.8) is 0 Å². The summed E-state index contributed by atoms with van der Waals surface area (Å²) in [5.74, 6) is -2.96. The van der Waals surface area contributed by atoms with Crippen LogP contribution in [0.25, 0.3) is 0 Å². The molecule has 0 aromatic rings. The van der Waals surface area contributed by atoms with Gasteiger partial charge in [-0.05, 0) is 13.3 Å². The Bertz CT molecular complexity index is 200. The monoisotopic (exact) mass is 175 g/mol. The van der Waals surface area contributed by atoms with E-state index in [1.165, 1.54) is 13.8 Å². The lowest BCUT2D eigenvalue weighted by Gasteiger charge is -2.20. The molecule has 2 unspecified atom stereocenters. The lowest BCUT2D eigenvalue weighted by atomic mass is 9.91. The summed E-state index contributed by atoms with van der Waals surface area (Å²) in [6.45, 7) is 2.73. The summed E-state index contributed by atoms with van der Waals surface area (Å²) in [6, 6.07) is 0. The molecular weight excluding hydrogens is 162 g/mol. The Labute approximate surface area is 70.2 Å². The standard InChI is InChI=1S/C7H13NO4/c1-4(5(9)10)3-7(2,8)6(11)12/h4H,3,8H2,1-2H3,(H,9,10)(H,11,12). The molecule has 0 radical (unpaired) electrons. The van der Waals surface area contributed by atoms with Crippen molar-refractivity contribution < 1.29 is 19.8 Å². The number of hydrogen-bond donors (Lipinski definition) is 3. The van der Waals surface area contributed by atoms with Crippen LogP contribution < -0.4 is 5.73 Å². The number of carboxylic acids is 2. The first-order valence-corrected chi connectivity index (χ1v) is 3.52. The van der Waals surface area contributed by atoms with Crippen LogP contribution in [0.15, 0.2) is 0 Å². The van der Waals surface area contributed by atoms with Crippen LogP contribution in [0.1, 0.15) is 20.3 Å². The average molecular weight is 175 g/mol. The van der Waals surface area contributed by atoms with Gasteiger partial charge in [-0.2, -0.15) is 0 Å². The van der Waals surface area contributed by atoms with Gasteiger partial charge < -0.3 is 15.9 Å². The van der Waals surface area contributed by atoms with E-state index in [4.69, 9.17) is 15.9 Å². The highest BCUT2D eigenvalue weighted by atomic mass is 16.4. The third-order valence-electron chi connectivity index (χ3n) is 1.64. The lowest BCUT2D eigenvalue weighted by molar-refractivity contribution is -0.146. The molecule has 0 heterocycles. The third kappa shape index (κ3) is 2.87. The second-order valence-electron chi connectivity index (χ2n) is 3.17. The molecule has 2 atom stereocenters. The zero-order chi connectivity index (χ0) is 9.94. The Morgan fingerprint density at radius 2 is 1.92 bits per heavy atom. The van der Waals surface area contributed by atoms with Gasteiger partial charge in [0.15, 0.2) is 0 Å². The van der Waals surface area contributed by atoms with Gasteiger partial charge in [0.05, 0.1) is 5.92 Å². The minimum atomic E-state index is -1.46. The van der Waals surface area contributed by atoms with Crippen LogP contribution >= 0.6 is 0 Å². The first-order valence-electron chi connectivity index (χ1n) is 3.52. The summed E-state index contributed by atoms with van der Waals surface area (Å²) in [5.41, 5.74) is 3.87. The van der Waals surface area contributed by atoms with Crippen LogP contribution in [0.3, 0.4) is 0 Å². The summed E-state index contributed by atoms with van der Waals surface area (Å²) in [5, 5.41) is 17.0. The van der Waals surface area contributed by atoms with Crippen molar-refractivity contribution in [1.82, 2.24) is 0 Å². The van der Waals surface area contributed by atoms with Crippen LogP contribution in [0.4, 0.5) is 0 Å². The van der Waals surface area contributed by atoms with E-state index in [1.807, 2.05) is 0 Å². The van der Waals surface area contributed by atoms with E-state index in [0.29, 0.717) is 0 Å². The number of hydrogen-bond acceptors (Lipinski definition) is 3. The van der Waals surface area contributed by atoms with Gasteiger partial charge in [-0.25, -0.2) is 0 Å². The van der Waals surface area contributed by atoms with E-state index in [9.17, 15) is 9.59 Å².